The Bertz CT molecular complexity index is 1220. The van der Waals surface area contributed by atoms with Crippen LogP contribution in [0.4, 0.5) is 0 Å². The molecule has 0 aromatic carbocycles. The molecule has 0 bridgehead atoms. The zero-order valence-corrected chi connectivity index (χ0v) is 21.3. The van der Waals surface area contributed by atoms with E-state index >= 15 is 0 Å². The van der Waals surface area contributed by atoms with Crippen molar-refractivity contribution in [1.82, 2.24) is 19.9 Å². The van der Waals surface area contributed by atoms with Gasteiger partial charge in [-0.15, -0.1) is 11.3 Å². The van der Waals surface area contributed by atoms with E-state index in [0.717, 1.165) is 46.2 Å². The van der Waals surface area contributed by atoms with Crippen molar-refractivity contribution in [2.24, 2.45) is 5.73 Å². The number of rotatable bonds is 11. The van der Waals surface area contributed by atoms with E-state index in [1.165, 1.54) is 25.4 Å². The number of methoxy groups -OCH3 is 1. The second-order valence-electron chi connectivity index (χ2n) is 8.24. The topological polar surface area (TPSA) is 129 Å². The highest BCUT2D eigenvalue weighted by Crippen LogP contribution is 2.32. The molecule has 0 saturated heterocycles. The molecule has 10 heteroatoms. The van der Waals surface area contributed by atoms with Gasteiger partial charge in [0.1, 0.15) is 11.0 Å². The van der Waals surface area contributed by atoms with Crippen LogP contribution < -0.4 is 11.1 Å². The van der Waals surface area contributed by atoms with Gasteiger partial charge in [-0.05, 0) is 50.8 Å². The number of pyridine rings is 1. The van der Waals surface area contributed by atoms with Gasteiger partial charge < -0.3 is 20.4 Å². The van der Waals surface area contributed by atoms with Crippen molar-refractivity contribution in [2.45, 2.75) is 59.0 Å². The van der Waals surface area contributed by atoms with Crippen LogP contribution in [-0.4, -0.2) is 45.5 Å². The van der Waals surface area contributed by atoms with Crippen molar-refractivity contribution in [1.29, 1.82) is 0 Å². The molecular weight excluding hydrogens is 466 g/mol. The number of nitrogens with one attached hydrogen (secondary N) is 1. The summed E-state index contributed by atoms with van der Waals surface area (Å²) in [6.45, 7) is 5.89. The van der Waals surface area contributed by atoms with Crippen molar-refractivity contribution < 1.29 is 19.1 Å². The van der Waals surface area contributed by atoms with Crippen LogP contribution in [0.2, 0.25) is 0 Å². The van der Waals surface area contributed by atoms with Crippen molar-refractivity contribution in [3.63, 3.8) is 0 Å². The van der Waals surface area contributed by atoms with E-state index in [1.807, 2.05) is 29.0 Å². The third kappa shape index (κ3) is 6.33. The normalized spacial score (nSPS) is 11.8. The predicted octanol–water partition coefficient (Wildman–Crippen LogP) is 3.49. The summed E-state index contributed by atoms with van der Waals surface area (Å²) in [6, 6.07) is 5.08. The van der Waals surface area contributed by atoms with Crippen molar-refractivity contribution in [3.8, 4) is 22.0 Å². The number of nitrogens with zero attached hydrogens (tertiary/aromatic N) is 3. The Morgan fingerprint density at radius 3 is 2.69 bits per heavy atom. The lowest BCUT2D eigenvalue weighted by atomic mass is 10.1. The summed E-state index contributed by atoms with van der Waals surface area (Å²) in [6.07, 6.45) is 4.47. The molecule has 35 heavy (non-hydrogen) atoms. The van der Waals surface area contributed by atoms with Crippen molar-refractivity contribution in [3.05, 3.63) is 46.7 Å². The minimum atomic E-state index is -0.682. The Balaban J connectivity index is 1.81. The first-order valence-electron chi connectivity index (χ1n) is 11.5. The molecule has 0 aliphatic heterocycles. The summed E-state index contributed by atoms with van der Waals surface area (Å²) < 4.78 is 6.82. The lowest BCUT2D eigenvalue weighted by Gasteiger charge is -2.16. The van der Waals surface area contributed by atoms with Crippen LogP contribution in [0.5, 0.6) is 0 Å². The maximum atomic E-state index is 12.0. The molecule has 3 heterocycles. The van der Waals surface area contributed by atoms with Gasteiger partial charge in [-0.3, -0.25) is 14.6 Å². The van der Waals surface area contributed by atoms with Gasteiger partial charge in [0, 0.05) is 42.0 Å². The number of ether oxygens (including phenoxy) is 1. The van der Waals surface area contributed by atoms with Crippen LogP contribution in [0.25, 0.3) is 22.0 Å². The van der Waals surface area contributed by atoms with Gasteiger partial charge in [0.15, 0.2) is 0 Å². The van der Waals surface area contributed by atoms with E-state index in [1.54, 1.807) is 12.3 Å². The number of thiazole rings is 1. The molecular formula is C25H31N5O4S. The molecule has 3 aromatic heterocycles. The van der Waals surface area contributed by atoms with Gasteiger partial charge >= 0.3 is 5.97 Å². The highest BCUT2D eigenvalue weighted by molar-refractivity contribution is 7.13. The minimum Gasteiger partial charge on any atom is -0.467 e. The van der Waals surface area contributed by atoms with E-state index in [4.69, 9.17) is 15.5 Å². The molecule has 3 aromatic rings. The zero-order chi connectivity index (χ0) is 25.5. The molecule has 3 N–H and O–H groups in total. The van der Waals surface area contributed by atoms with E-state index in [9.17, 15) is 14.4 Å². The minimum absolute atomic E-state index is 0.283. The van der Waals surface area contributed by atoms with Crippen LogP contribution in [0.3, 0.4) is 0 Å². The number of carbonyl (C=O) groups excluding carboxylic acids is 3. The van der Waals surface area contributed by atoms with Gasteiger partial charge in [0.05, 0.1) is 24.1 Å². The molecule has 1 atom stereocenters. The predicted molar refractivity (Wildman–Crippen MR) is 135 cm³/mol. The second kappa shape index (κ2) is 11.7. The number of amides is 2. The molecule has 3 rings (SSSR count). The Morgan fingerprint density at radius 2 is 2.03 bits per heavy atom. The molecule has 0 saturated carbocycles. The monoisotopic (exact) mass is 497 g/mol. The molecule has 0 spiro atoms. The fraction of sp³-hybridized carbons (Fsp3) is 0.400. The molecule has 0 fully saturated rings. The maximum absolute atomic E-state index is 12.0. The van der Waals surface area contributed by atoms with E-state index in [2.05, 4.69) is 17.2 Å². The summed E-state index contributed by atoms with van der Waals surface area (Å²) in [5, 5.41) is 5.48. The van der Waals surface area contributed by atoms with Gasteiger partial charge in [0.2, 0.25) is 5.91 Å². The van der Waals surface area contributed by atoms with Crippen LogP contribution in [0.15, 0.2) is 29.8 Å². The Morgan fingerprint density at radius 1 is 1.26 bits per heavy atom. The number of unbranched alkanes of at least 4 members (excludes halogenated alkanes) is 1. The molecule has 1 unspecified atom stereocenters. The lowest BCUT2D eigenvalue weighted by molar-refractivity contribution is -0.145. The van der Waals surface area contributed by atoms with Crippen LogP contribution in [0.1, 0.15) is 54.9 Å². The van der Waals surface area contributed by atoms with Crippen LogP contribution in [-0.2, 0) is 27.3 Å². The average Bonchev–Trinajstić information content (AvgIpc) is 3.45. The smallest absolute Gasteiger partial charge is 0.328 e. The molecule has 0 radical (unpaired) electrons. The number of hydrogen-bond donors (Lipinski definition) is 2. The first-order chi connectivity index (χ1) is 16.7. The number of aryl methyl sites for hydroxylation is 1. The number of carbonyl (C=O) groups is 3. The molecule has 2 amide bonds. The SMILES string of the molecule is CCc1cc(-c2nc(-c3cc(C(N)=O)c(C)n3CCCCC(NC(C)=O)C(=O)OC)cs2)ccn1. The van der Waals surface area contributed by atoms with Crippen molar-refractivity contribution >= 4 is 29.1 Å². The number of hydrogen-bond acceptors (Lipinski definition) is 7. The molecule has 0 aliphatic carbocycles. The second-order valence-corrected chi connectivity index (χ2v) is 9.10. The van der Waals surface area contributed by atoms with Gasteiger partial charge in [0.25, 0.3) is 5.91 Å². The lowest BCUT2D eigenvalue weighted by Crippen LogP contribution is -2.40. The number of nitrogens with two attached hydrogens (primary N) is 1. The van der Waals surface area contributed by atoms with E-state index in [-0.39, 0.29) is 5.91 Å². The highest BCUT2D eigenvalue weighted by atomic mass is 32.1. The molecule has 0 aliphatic rings. The summed E-state index contributed by atoms with van der Waals surface area (Å²) >= 11 is 1.53. The summed E-state index contributed by atoms with van der Waals surface area (Å²) in [5.74, 6) is -1.24. The Kier molecular flexibility index (Phi) is 8.75. The van der Waals surface area contributed by atoms with Gasteiger partial charge in [-0.1, -0.05) is 6.92 Å². The highest BCUT2D eigenvalue weighted by Gasteiger charge is 2.21. The fourth-order valence-electron chi connectivity index (χ4n) is 3.98. The number of primary amides is 1. The van der Waals surface area contributed by atoms with Gasteiger partial charge in [-0.25, -0.2) is 9.78 Å². The quantitative estimate of drug-likeness (QED) is 0.308. The van der Waals surface area contributed by atoms with Crippen LogP contribution >= 0.6 is 11.3 Å². The van der Waals surface area contributed by atoms with Crippen LogP contribution in [0, 0.1) is 6.92 Å². The Labute approximate surface area is 208 Å². The molecule has 9 nitrogen and oxygen atoms in total. The summed E-state index contributed by atoms with van der Waals surface area (Å²) in [7, 11) is 1.30. The third-order valence-corrected chi connectivity index (χ3v) is 6.70. The van der Waals surface area contributed by atoms with E-state index in [0.29, 0.717) is 24.9 Å². The average molecular weight is 498 g/mol. The first-order valence-corrected chi connectivity index (χ1v) is 12.4. The number of aromatic nitrogens is 3. The van der Waals surface area contributed by atoms with Gasteiger partial charge in [-0.2, -0.15) is 0 Å². The standard InChI is InChI=1S/C25H31N5O4S/c1-5-18-12-17(9-10-27-18)24-29-21(14-35-24)22-13-19(23(26)32)15(2)30(22)11-7-6-8-20(25(33)34-4)28-16(3)31/h9-10,12-14,20H,5-8,11H2,1-4H3,(H2,26,32)(H,28,31). The summed E-state index contributed by atoms with van der Waals surface area (Å²) in [5.41, 5.74) is 10.4. The molecule has 186 valence electrons. The third-order valence-electron chi connectivity index (χ3n) is 5.81. The largest absolute Gasteiger partial charge is 0.467 e. The summed E-state index contributed by atoms with van der Waals surface area (Å²) in [4.78, 5) is 44.6. The zero-order valence-electron chi connectivity index (χ0n) is 20.5. The van der Waals surface area contributed by atoms with E-state index < -0.39 is 17.9 Å². The Hall–Kier alpha value is -3.53. The number of esters is 1. The first kappa shape index (κ1) is 26.1. The van der Waals surface area contributed by atoms with Crippen molar-refractivity contribution in [2.75, 3.05) is 7.11 Å². The maximum Gasteiger partial charge on any atom is 0.328 e. The fourth-order valence-corrected chi connectivity index (χ4v) is 4.79.